The molecule has 21 heavy (non-hydrogen) atoms. The highest BCUT2D eigenvalue weighted by atomic mass is 16.5. The molecule has 1 saturated heterocycles. The third-order valence-corrected chi connectivity index (χ3v) is 3.25. The highest BCUT2D eigenvalue weighted by molar-refractivity contribution is 5.37. The molecule has 1 N–H and O–H groups in total. The summed E-state index contributed by atoms with van der Waals surface area (Å²) in [6, 6.07) is 10.2. The van der Waals surface area contributed by atoms with Crippen molar-refractivity contribution < 1.29 is 9.53 Å². The Bertz CT molecular complexity index is 463. The van der Waals surface area contributed by atoms with Gasteiger partial charge in [-0.05, 0) is 70.3 Å². The Hall–Kier alpha value is -1.86. The Morgan fingerprint density at radius 1 is 1.24 bits per heavy atom. The maximum absolute atomic E-state index is 9.60. The summed E-state index contributed by atoms with van der Waals surface area (Å²) < 4.78 is 4.55. The predicted molar refractivity (Wildman–Crippen MR) is 82.9 cm³/mol. The predicted octanol–water partition coefficient (Wildman–Crippen LogP) is 2.98. The van der Waals surface area contributed by atoms with Crippen LogP contribution in [0.1, 0.15) is 50.7 Å². The number of nitriles is 1. The zero-order chi connectivity index (χ0) is 15.7. The van der Waals surface area contributed by atoms with E-state index in [1.54, 1.807) is 0 Å². The van der Waals surface area contributed by atoms with E-state index < -0.39 is 0 Å². The van der Waals surface area contributed by atoms with Crippen LogP contribution in [0.15, 0.2) is 24.3 Å². The molecule has 1 aliphatic heterocycles. The minimum atomic E-state index is -0.318. The third kappa shape index (κ3) is 6.92. The van der Waals surface area contributed by atoms with E-state index in [0.717, 1.165) is 18.7 Å². The van der Waals surface area contributed by atoms with Gasteiger partial charge < -0.3 is 10.1 Å². The number of benzene rings is 1. The SMILES string of the molecule is CC(C)(C)OC=O.N#Cc1ccc(C2CCNCC2)cc1. The molecule has 0 unspecified atom stereocenters. The molecular weight excluding hydrogens is 264 g/mol. The molecule has 0 saturated carbocycles. The summed E-state index contributed by atoms with van der Waals surface area (Å²) in [6.07, 6.45) is 2.43. The van der Waals surface area contributed by atoms with Gasteiger partial charge in [-0.2, -0.15) is 5.26 Å². The second-order valence-corrected chi connectivity index (χ2v) is 6.08. The topological polar surface area (TPSA) is 62.1 Å². The van der Waals surface area contributed by atoms with Gasteiger partial charge in [-0.3, -0.25) is 4.79 Å². The minimum absolute atomic E-state index is 0.318. The molecule has 1 heterocycles. The summed E-state index contributed by atoms with van der Waals surface area (Å²) in [7, 11) is 0. The van der Waals surface area contributed by atoms with Crippen molar-refractivity contribution in [2.45, 2.75) is 45.1 Å². The van der Waals surface area contributed by atoms with Gasteiger partial charge in [0.1, 0.15) is 5.60 Å². The van der Waals surface area contributed by atoms with Crippen LogP contribution in [0, 0.1) is 11.3 Å². The molecule has 0 spiro atoms. The summed E-state index contributed by atoms with van der Waals surface area (Å²) in [5.41, 5.74) is 1.81. The van der Waals surface area contributed by atoms with Gasteiger partial charge in [0.05, 0.1) is 11.6 Å². The van der Waals surface area contributed by atoms with E-state index in [0.29, 0.717) is 12.4 Å². The molecule has 1 aliphatic rings. The second kappa shape index (κ2) is 8.43. The van der Waals surface area contributed by atoms with Crippen molar-refractivity contribution >= 4 is 6.47 Å². The zero-order valence-electron chi connectivity index (χ0n) is 13.1. The highest BCUT2D eigenvalue weighted by Gasteiger charge is 2.14. The number of rotatable bonds is 2. The first-order valence-corrected chi connectivity index (χ1v) is 7.28. The van der Waals surface area contributed by atoms with Crippen LogP contribution in [-0.4, -0.2) is 25.2 Å². The van der Waals surface area contributed by atoms with Crippen LogP contribution in [0.3, 0.4) is 0 Å². The fourth-order valence-corrected chi connectivity index (χ4v) is 2.13. The lowest BCUT2D eigenvalue weighted by atomic mass is 9.90. The Morgan fingerprint density at radius 3 is 2.19 bits per heavy atom. The molecule has 4 nitrogen and oxygen atoms in total. The Kier molecular flexibility index (Phi) is 6.90. The van der Waals surface area contributed by atoms with Gasteiger partial charge in [0.15, 0.2) is 0 Å². The molecule has 4 heteroatoms. The Labute approximate surface area is 127 Å². The molecular formula is C17H24N2O2. The largest absolute Gasteiger partial charge is 0.462 e. The second-order valence-electron chi connectivity index (χ2n) is 6.08. The summed E-state index contributed by atoms with van der Waals surface area (Å²) >= 11 is 0. The summed E-state index contributed by atoms with van der Waals surface area (Å²) in [5, 5.41) is 12.0. The molecule has 0 bridgehead atoms. The first-order chi connectivity index (χ1) is 9.96. The molecule has 114 valence electrons. The van der Waals surface area contributed by atoms with Crippen molar-refractivity contribution in [2.24, 2.45) is 0 Å². The van der Waals surface area contributed by atoms with Crippen molar-refractivity contribution in [3.63, 3.8) is 0 Å². The van der Waals surface area contributed by atoms with Crippen LogP contribution in [-0.2, 0) is 9.53 Å². The quantitative estimate of drug-likeness (QED) is 0.850. The number of carbonyl (C=O) groups excluding carboxylic acids is 1. The average Bonchev–Trinajstić information content (AvgIpc) is 2.48. The average molecular weight is 288 g/mol. The first-order valence-electron chi connectivity index (χ1n) is 7.28. The Morgan fingerprint density at radius 2 is 1.81 bits per heavy atom. The molecule has 2 rings (SSSR count). The molecule has 0 amide bonds. The first kappa shape index (κ1) is 17.2. The summed E-state index contributed by atoms with van der Waals surface area (Å²) in [6.45, 7) is 8.15. The van der Waals surface area contributed by atoms with Crippen molar-refractivity contribution in [3.05, 3.63) is 35.4 Å². The summed E-state index contributed by atoms with van der Waals surface area (Å²) in [5.74, 6) is 0.684. The number of nitrogens with zero attached hydrogens (tertiary/aromatic N) is 1. The lowest BCUT2D eigenvalue weighted by Gasteiger charge is -2.22. The van der Waals surface area contributed by atoms with Crippen LogP contribution in [0.25, 0.3) is 0 Å². The molecule has 0 atom stereocenters. The number of ether oxygens (including phenoxy) is 1. The minimum Gasteiger partial charge on any atom is -0.462 e. The van der Waals surface area contributed by atoms with Gasteiger partial charge in [-0.25, -0.2) is 0 Å². The molecule has 0 aromatic heterocycles. The fourth-order valence-electron chi connectivity index (χ4n) is 2.13. The Balaban J connectivity index is 0.000000270. The monoisotopic (exact) mass is 288 g/mol. The van der Waals surface area contributed by atoms with Gasteiger partial charge in [-0.1, -0.05) is 12.1 Å². The number of nitrogens with one attached hydrogen (secondary N) is 1. The van der Waals surface area contributed by atoms with E-state index >= 15 is 0 Å². The third-order valence-electron chi connectivity index (χ3n) is 3.25. The van der Waals surface area contributed by atoms with E-state index in [-0.39, 0.29) is 5.60 Å². The van der Waals surface area contributed by atoms with E-state index in [1.165, 1.54) is 18.4 Å². The van der Waals surface area contributed by atoms with Crippen molar-refractivity contribution in [1.82, 2.24) is 5.32 Å². The molecule has 1 aromatic carbocycles. The fraction of sp³-hybridized carbons (Fsp3) is 0.529. The van der Waals surface area contributed by atoms with Crippen LogP contribution < -0.4 is 5.32 Å². The maximum Gasteiger partial charge on any atom is 0.293 e. The number of hydrogen-bond donors (Lipinski definition) is 1. The van der Waals surface area contributed by atoms with Gasteiger partial charge in [0.25, 0.3) is 6.47 Å². The van der Waals surface area contributed by atoms with Crippen LogP contribution >= 0.6 is 0 Å². The van der Waals surface area contributed by atoms with Crippen LogP contribution in [0.4, 0.5) is 0 Å². The standard InChI is InChI=1S/C12H14N2.C5H10O2/c13-9-10-1-3-11(4-2-10)12-5-7-14-8-6-12;1-5(2,3)7-4-6/h1-4,12,14H,5-8H2;4H,1-3H3. The smallest absolute Gasteiger partial charge is 0.293 e. The van der Waals surface area contributed by atoms with Crippen molar-refractivity contribution in [1.29, 1.82) is 5.26 Å². The van der Waals surface area contributed by atoms with E-state index in [1.807, 2.05) is 32.9 Å². The van der Waals surface area contributed by atoms with Crippen molar-refractivity contribution in [2.75, 3.05) is 13.1 Å². The van der Waals surface area contributed by atoms with E-state index in [4.69, 9.17) is 5.26 Å². The number of piperidine rings is 1. The van der Waals surface area contributed by atoms with Crippen LogP contribution in [0.2, 0.25) is 0 Å². The molecule has 1 aromatic rings. The summed E-state index contributed by atoms with van der Waals surface area (Å²) in [4.78, 5) is 9.60. The normalized spacial score (nSPS) is 15.3. The van der Waals surface area contributed by atoms with Crippen LogP contribution in [0.5, 0.6) is 0 Å². The lowest BCUT2D eigenvalue weighted by Crippen LogP contribution is -2.26. The van der Waals surface area contributed by atoms with Gasteiger partial charge in [0, 0.05) is 0 Å². The number of carbonyl (C=O) groups is 1. The highest BCUT2D eigenvalue weighted by Crippen LogP contribution is 2.24. The molecule has 0 radical (unpaired) electrons. The zero-order valence-corrected chi connectivity index (χ0v) is 13.1. The van der Waals surface area contributed by atoms with E-state index in [9.17, 15) is 4.79 Å². The molecule has 0 aliphatic carbocycles. The maximum atomic E-state index is 9.60. The van der Waals surface area contributed by atoms with Gasteiger partial charge >= 0.3 is 0 Å². The van der Waals surface area contributed by atoms with Gasteiger partial charge in [-0.15, -0.1) is 0 Å². The van der Waals surface area contributed by atoms with E-state index in [2.05, 4.69) is 28.3 Å². The lowest BCUT2D eigenvalue weighted by molar-refractivity contribution is -0.138. The van der Waals surface area contributed by atoms with Crippen molar-refractivity contribution in [3.8, 4) is 6.07 Å². The molecule has 1 fully saturated rings. The number of hydrogen-bond acceptors (Lipinski definition) is 4. The van der Waals surface area contributed by atoms with Gasteiger partial charge in [0.2, 0.25) is 0 Å².